The second-order valence-corrected chi connectivity index (χ2v) is 8.59. The summed E-state index contributed by atoms with van der Waals surface area (Å²) < 4.78 is 2.34. The molecule has 0 atom stereocenters. The van der Waals surface area contributed by atoms with Gasteiger partial charge >= 0.3 is 0 Å². The van der Waals surface area contributed by atoms with Crippen LogP contribution in [-0.4, -0.2) is 51.4 Å². The molecule has 1 saturated heterocycles. The summed E-state index contributed by atoms with van der Waals surface area (Å²) in [6.07, 6.45) is 1.72. The lowest BCUT2D eigenvalue weighted by molar-refractivity contribution is 0.0589. The zero-order valence-electron chi connectivity index (χ0n) is 18.3. The maximum atomic E-state index is 13.4. The summed E-state index contributed by atoms with van der Waals surface area (Å²) in [6.45, 7) is 2.94. The van der Waals surface area contributed by atoms with E-state index in [1.165, 1.54) is 11.1 Å². The third-order valence-corrected chi connectivity index (χ3v) is 6.51. The molecule has 0 bridgehead atoms. The number of amides is 1. The van der Waals surface area contributed by atoms with Gasteiger partial charge < -0.3 is 9.88 Å². The standard InChI is InChI=1S/C27H26N4OS/c32-26(24-20-28-27(33)31(24)23-14-8-3-9-15-23)30-18-16-29(17-19-30)25(21-10-4-1-5-11-21)22-12-6-2-7-13-22/h1-15,20,25H,16-19H2,(H,28,33). The molecule has 0 unspecified atom stereocenters. The Bertz CT molecular complexity index is 1220. The number of rotatable bonds is 5. The molecule has 4 aromatic rings. The van der Waals surface area contributed by atoms with Crippen LogP contribution in [0.5, 0.6) is 0 Å². The van der Waals surface area contributed by atoms with Crippen LogP contribution in [0.1, 0.15) is 27.7 Å². The van der Waals surface area contributed by atoms with Crippen LogP contribution in [0.2, 0.25) is 0 Å². The van der Waals surface area contributed by atoms with Gasteiger partial charge in [-0.25, -0.2) is 0 Å². The van der Waals surface area contributed by atoms with E-state index >= 15 is 0 Å². The molecule has 0 saturated carbocycles. The first-order valence-corrected chi connectivity index (χ1v) is 11.6. The highest BCUT2D eigenvalue weighted by Crippen LogP contribution is 2.29. The van der Waals surface area contributed by atoms with Crippen LogP contribution in [0.15, 0.2) is 97.2 Å². The fourth-order valence-corrected chi connectivity index (χ4v) is 4.85. The van der Waals surface area contributed by atoms with Gasteiger partial charge in [-0.2, -0.15) is 0 Å². The summed E-state index contributed by atoms with van der Waals surface area (Å²) in [5, 5.41) is 0. The second kappa shape index (κ2) is 9.57. The van der Waals surface area contributed by atoms with E-state index in [4.69, 9.17) is 12.2 Å². The monoisotopic (exact) mass is 454 g/mol. The van der Waals surface area contributed by atoms with Crippen molar-refractivity contribution in [1.82, 2.24) is 19.4 Å². The van der Waals surface area contributed by atoms with Crippen molar-refractivity contribution in [2.75, 3.05) is 26.2 Å². The number of piperazine rings is 1. The number of nitrogens with zero attached hydrogens (tertiary/aromatic N) is 3. The lowest BCUT2D eigenvalue weighted by atomic mass is 9.96. The number of para-hydroxylation sites is 1. The topological polar surface area (TPSA) is 44.3 Å². The number of benzene rings is 3. The number of aromatic nitrogens is 2. The Morgan fingerprint density at radius 2 is 1.27 bits per heavy atom. The number of hydrogen-bond donors (Lipinski definition) is 1. The Morgan fingerprint density at radius 3 is 1.82 bits per heavy atom. The summed E-state index contributed by atoms with van der Waals surface area (Å²) in [5.41, 5.74) is 4.00. The third kappa shape index (κ3) is 4.40. The third-order valence-electron chi connectivity index (χ3n) is 6.21. The Hall–Kier alpha value is -3.48. The minimum Gasteiger partial charge on any atom is -0.336 e. The first kappa shape index (κ1) is 21.4. The molecule has 6 heteroatoms. The van der Waals surface area contributed by atoms with Crippen molar-refractivity contribution in [3.05, 3.63) is 119 Å². The minimum absolute atomic E-state index is 0.00169. The number of nitrogens with one attached hydrogen (secondary N) is 1. The molecule has 33 heavy (non-hydrogen) atoms. The second-order valence-electron chi connectivity index (χ2n) is 8.20. The highest BCUT2D eigenvalue weighted by atomic mass is 32.1. The molecule has 1 aromatic heterocycles. The summed E-state index contributed by atoms with van der Waals surface area (Å²) in [6, 6.07) is 31.1. The first-order valence-electron chi connectivity index (χ1n) is 11.2. The van der Waals surface area contributed by atoms with Gasteiger partial charge in [0.05, 0.1) is 6.04 Å². The number of imidazole rings is 1. The van der Waals surface area contributed by atoms with Gasteiger partial charge in [-0.05, 0) is 35.5 Å². The fraction of sp³-hybridized carbons (Fsp3) is 0.185. The minimum atomic E-state index is 0.00169. The van der Waals surface area contributed by atoms with Crippen LogP contribution < -0.4 is 0 Å². The normalized spacial score (nSPS) is 14.5. The smallest absolute Gasteiger partial charge is 0.272 e. The number of hydrogen-bond acceptors (Lipinski definition) is 3. The van der Waals surface area contributed by atoms with Crippen LogP contribution >= 0.6 is 12.2 Å². The van der Waals surface area contributed by atoms with Gasteiger partial charge in [0.15, 0.2) is 4.77 Å². The number of carbonyl (C=O) groups excluding carboxylic acids is 1. The Morgan fingerprint density at radius 1 is 0.758 bits per heavy atom. The molecule has 3 aromatic carbocycles. The molecular formula is C27H26N4OS. The zero-order chi connectivity index (χ0) is 22.6. The maximum Gasteiger partial charge on any atom is 0.272 e. The predicted molar refractivity (Wildman–Crippen MR) is 133 cm³/mol. The van der Waals surface area contributed by atoms with E-state index in [0.717, 1.165) is 18.8 Å². The van der Waals surface area contributed by atoms with Crippen LogP contribution in [0, 0.1) is 4.77 Å². The van der Waals surface area contributed by atoms with Gasteiger partial charge in [-0.3, -0.25) is 14.3 Å². The molecule has 5 nitrogen and oxygen atoms in total. The van der Waals surface area contributed by atoms with Gasteiger partial charge in [0.2, 0.25) is 0 Å². The van der Waals surface area contributed by atoms with Gasteiger partial charge in [-0.1, -0.05) is 78.9 Å². The first-order chi connectivity index (χ1) is 16.2. The number of aromatic amines is 1. The average Bonchev–Trinajstić information content (AvgIpc) is 3.27. The predicted octanol–water partition coefficient (Wildman–Crippen LogP) is 5.08. The van der Waals surface area contributed by atoms with Crippen LogP contribution in [-0.2, 0) is 0 Å². The Balaban J connectivity index is 1.36. The fourth-order valence-electron chi connectivity index (χ4n) is 4.59. The molecule has 166 valence electrons. The molecule has 0 aliphatic carbocycles. The van der Waals surface area contributed by atoms with Crippen molar-refractivity contribution in [3.63, 3.8) is 0 Å². The lowest BCUT2D eigenvalue weighted by Gasteiger charge is -2.39. The van der Waals surface area contributed by atoms with E-state index in [9.17, 15) is 4.79 Å². The van der Waals surface area contributed by atoms with E-state index in [2.05, 4.69) is 70.5 Å². The van der Waals surface area contributed by atoms with Gasteiger partial charge in [0, 0.05) is 38.1 Å². The number of H-pyrrole nitrogens is 1. The molecule has 0 spiro atoms. The summed E-state index contributed by atoms with van der Waals surface area (Å²) in [4.78, 5) is 20.9. The summed E-state index contributed by atoms with van der Waals surface area (Å²) in [5.74, 6) is 0.00169. The molecule has 1 N–H and O–H groups in total. The van der Waals surface area contributed by atoms with E-state index < -0.39 is 0 Å². The van der Waals surface area contributed by atoms with Crippen molar-refractivity contribution >= 4 is 18.1 Å². The van der Waals surface area contributed by atoms with Crippen LogP contribution in [0.3, 0.4) is 0 Å². The number of carbonyl (C=O) groups is 1. The quantitative estimate of drug-likeness (QED) is 0.428. The van der Waals surface area contributed by atoms with Crippen LogP contribution in [0.25, 0.3) is 5.69 Å². The van der Waals surface area contributed by atoms with E-state index in [1.807, 2.05) is 39.8 Å². The molecular weight excluding hydrogens is 428 g/mol. The summed E-state index contributed by atoms with van der Waals surface area (Å²) in [7, 11) is 0. The maximum absolute atomic E-state index is 13.4. The van der Waals surface area contributed by atoms with E-state index in [-0.39, 0.29) is 11.9 Å². The average molecular weight is 455 g/mol. The van der Waals surface area contributed by atoms with E-state index in [0.29, 0.717) is 23.6 Å². The molecule has 2 heterocycles. The van der Waals surface area contributed by atoms with Gasteiger partial charge in [0.25, 0.3) is 5.91 Å². The highest BCUT2D eigenvalue weighted by Gasteiger charge is 2.29. The molecule has 5 rings (SSSR count). The summed E-state index contributed by atoms with van der Waals surface area (Å²) >= 11 is 5.47. The van der Waals surface area contributed by atoms with Crippen molar-refractivity contribution in [1.29, 1.82) is 0 Å². The Labute approximate surface area is 198 Å². The zero-order valence-corrected chi connectivity index (χ0v) is 19.1. The van der Waals surface area contributed by atoms with Crippen molar-refractivity contribution in [3.8, 4) is 5.69 Å². The van der Waals surface area contributed by atoms with Crippen molar-refractivity contribution in [2.24, 2.45) is 0 Å². The molecule has 1 aliphatic heterocycles. The van der Waals surface area contributed by atoms with Gasteiger partial charge in [0.1, 0.15) is 5.69 Å². The molecule has 0 radical (unpaired) electrons. The Kier molecular flexibility index (Phi) is 6.19. The van der Waals surface area contributed by atoms with E-state index in [1.54, 1.807) is 6.20 Å². The molecule has 1 fully saturated rings. The largest absolute Gasteiger partial charge is 0.336 e. The van der Waals surface area contributed by atoms with Crippen LogP contribution in [0.4, 0.5) is 0 Å². The van der Waals surface area contributed by atoms with Crippen molar-refractivity contribution in [2.45, 2.75) is 6.04 Å². The SMILES string of the molecule is O=C(c1c[nH]c(=S)n1-c1ccccc1)N1CCN(C(c2ccccc2)c2ccccc2)CC1. The molecule has 1 amide bonds. The lowest BCUT2D eigenvalue weighted by Crippen LogP contribution is -2.50. The molecule has 1 aliphatic rings. The van der Waals surface area contributed by atoms with Crippen molar-refractivity contribution < 1.29 is 4.79 Å². The highest BCUT2D eigenvalue weighted by molar-refractivity contribution is 7.71. The van der Waals surface area contributed by atoms with Gasteiger partial charge in [-0.15, -0.1) is 0 Å².